The number of hydrogen-bond donors (Lipinski definition) is 2. The molecule has 1 aromatic rings. The van der Waals surface area contributed by atoms with Crippen molar-refractivity contribution in [2.24, 2.45) is 4.99 Å². The number of allylic oxidation sites excluding steroid dienone is 2. The molecule has 140 valence electrons. The van der Waals surface area contributed by atoms with E-state index in [1.807, 2.05) is 30.2 Å². The molecule has 3 heterocycles. The first-order valence-corrected chi connectivity index (χ1v) is 9.68. The maximum Gasteiger partial charge on any atom is 0.222 e. The van der Waals surface area contributed by atoms with Gasteiger partial charge in [0.05, 0.1) is 11.4 Å². The summed E-state index contributed by atoms with van der Waals surface area (Å²) in [6.45, 7) is 4.10. The van der Waals surface area contributed by atoms with Crippen LogP contribution in [0.15, 0.2) is 45.3 Å². The topological polar surface area (TPSA) is 93.4 Å². The Kier molecular flexibility index (Phi) is 6.24. The Morgan fingerprint density at radius 3 is 3.04 bits per heavy atom. The van der Waals surface area contributed by atoms with E-state index in [1.54, 1.807) is 6.07 Å². The maximum atomic E-state index is 11.6. The third-order valence-electron chi connectivity index (χ3n) is 4.42. The van der Waals surface area contributed by atoms with E-state index in [1.165, 1.54) is 0 Å². The summed E-state index contributed by atoms with van der Waals surface area (Å²) in [7, 11) is 0. The van der Waals surface area contributed by atoms with Gasteiger partial charge in [-0.05, 0) is 53.4 Å². The number of nitrogens with one attached hydrogen (secondary N) is 2. The van der Waals surface area contributed by atoms with Crippen LogP contribution in [0.2, 0.25) is 0 Å². The third kappa shape index (κ3) is 4.74. The van der Waals surface area contributed by atoms with E-state index < -0.39 is 0 Å². The number of hydrogen-bond acceptors (Lipinski definition) is 4. The van der Waals surface area contributed by atoms with Crippen LogP contribution in [-0.2, 0) is 4.79 Å². The van der Waals surface area contributed by atoms with Crippen LogP contribution in [0.4, 0.5) is 0 Å². The van der Waals surface area contributed by atoms with Gasteiger partial charge in [0, 0.05) is 32.3 Å². The van der Waals surface area contributed by atoms with E-state index in [0.717, 1.165) is 31.5 Å². The van der Waals surface area contributed by atoms with Gasteiger partial charge in [-0.2, -0.15) is 5.26 Å². The molecule has 0 bridgehead atoms. The minimum atomic E-state index is 0.237. The second-order valence-corrected chi connectivity index (χ2v) is 7.18. The number of likely N-dealkylation sites (tertiary alicyclic amines) is 1. The summed E-state index contributed by atoms with van der Waals surface area (Å²) in [5.74, 6) is 0.826. The molecule has 27 heavy (non-hydrogen) atoms. The van der Waals surface area contributed by atoms with Crippen molar-refractivity contribution in [2.75, 3.05) is 19.6 Å². The summed E-state index contributed by atoms with van der Waals surface area (Å²) in [4.78, 5) is 22.4. The largest absolute Gasteiger partial charge is 0.343 e. The van der Waals surface area contributed by atoms with E-state index in [9.17, 15) is 10.1 Å². The number of carbonyl (C=O) groups excluding carboxylic acids is 1. The number of rotatable bonds is 5. The summed E-state index contributed by atoms with van der Waals surface area (Å²) in [5, 5.41) is 16.0. The molecule has 0 aliphatic carbocycles. The summed E-state index contributed by atoms with van der Waals surface area (Å²) in [6.07, 6.45) is 4.24. The molecule has 2 aliphatic heterocycles. The first kappa shape index (κ1) is 19.1. The molecular weight excluding hydrogens is 408 g/mol. The Morgan fingerprint density at radius 1 is 1.48 bits per heavy atom. The molecule has 1 saturated heterocycles. The number of amides is 1. The minimum Gasteiger partial charge on any atom is -0.343 e. The molecule has 3 rings (SSSR count). The van der Waals surface area contributed by atoms with Gasteiger partial charge in [-0.15, -0.1) is 0 Å². The molecule has 1 amide bonds. The lowest BCUT2D eigenvalue weighted by atomic mass is 10.1. The second-order valence-electron chi connectivity index (χ2n) is 6.37. The van der Waals surface area contributed by atoms with Gasteiger partial charge in [-0.3, -0.25) is 9.79 Å². The highest BCUT2D eigenvalue weighted by Gasteiger charge is 2.20. The van der Waals surface area contributed by atoms with Gasteiger partial charge in [0.2, 0.25) is 5.91 Å². The van der Waals surface area contributed by atoms with Gasteiger partial charge in [-0.25, -0.2) is 4.98 Å². The van der Waals surface area contributed by atoms with Crippen molar-refractivity contribution in [2.45, 2.75) is 26.2 Å². The lowest BCUT2D eigenvalue weighted by Gasteiger charge is -2.21. The SMILES string of the molecule is CC1=CNC(=NCCCN2CCCC2=O)N/C1=C(\C#N)c1cccc(Br)n1. The zero-order valence-corrected chi connectivity index (χ0v) is 16.7. The molecule has 2 N–H and O–H groups in total. The predicted molar refractivity (Wildman–Crippen MR) is 107 cm³/mol. The van der Waals surface area contributed by atoms with Gasteiger partial charge in [0.1, 0.15) is 16.2 Å². The molecule has 7 nitrogen and oxygen atoms in total. The van der Waals surface area contributed by atoms with Crippen LogP contribution in [0, 0.1) is 11.3 Å². The average Bonchev–Trinajstić information content (AvgIpc) is 3.07. The van der Waals surface area contributed by atoms with Crippen LogP contribution in [0.3, 0.4) is 0 Å². The quantitative estimate of drug-likeness (QED) is 0.426. The van der Waals surface area contributed by atoms with Crippen LogP contribution >= 0.6 is 15.9 Å². The highest BCUT2D eigenvalue weighted by Crippen LogP contribution is 2.22. The fourth-order valence-corrected chi connectivity index (χ4v) is 3.37. The van der Waals surface area contributed by atoms with Crippen LogP contribution in [0.5, 0.6) is 0 Å². The van der Waals surface area contributed by atoms with Crippen LogP contribution in [0.25, 0.3) is 5.57 Å². The number of carbonyl (C=O) groups is 1. The molecule has 1 aromatic heterocycles. The highest BCUT2D eigenvalue weighted by molar-refractivity contribution is 9.10. The second kappa shape index (κ2) is 8.82. The van der Waals surface area contributed by atoms with Crippen molar-refractivity contribution < 1.29 is 4.79 Å². The van der Waals surface area contributed by atoms with Crippen LogP contribution < -0.4 is 10.6 Å². The van der Waals surface area contributed by atoms with Crippen molar-refractivity contribution in [3.8, 4) is 6.07 Å². The van der Waals surface area contributed by atoms with E-state index in [2.05, 4.69) is 42.6 Å². The van der Waals surface area contributed by atoms with Crippen molar-refractivity contribution in [1.82, 2.24) is 20.5 Å². The van der Waals surface area contributed by atoms with E-state index in [0.29, 0.717) is 40.5 Å². The lowest BCUT2D eigenvalue weighted by molar-refractivity contribution is -0.127. The number of pyridine rings is 1. The normalized spacial score (nSPS) is 20.0. The standard InChI is InChI=1S/C19H21BrN6O/c1-13-12-23-19(22-8-4-10-26-9-3-7-17(26)27)25-18(13)14(11-21)15-5-2-6-16(20)24-15/h2,5-6,12H,3-4,7-10H2,1H3,(H2,22,23,25)/b18-14+. The Morgan fingerprint density at radius 2 is 2.33 bits per heavy atom. The number of aliphatic imine (C=N–C) groups is 1. The predicted octanol–water partition coefficient (Wildman–Crippen LogP) is 2.54. The van der Waals surface area contributed by atoms with E-state index in [-0.39, 0.29) is 5.91 Å². The van der Waals surface area contributed by atoms with E-state index in [4.69, 9.17) is 0 Å². The molecule has 1 fully saturated rings. The van der Waals surface area contributed by atoms with Gasteiger partial charge in [0.15, 0.2) is 5.96 Å². The first-order valence-electron chi connectivity index (χ1n) is 8.88. The molecule has 8 heteroatoms. The van der Waals surface area contributed by atoms with Crippen molar-refractivity contribution >= 4 is 33.4 Å². The Hall–Kier alpha value is -2.66. The zero-order chi connectivity index (χ0) is 19.2. The monoisotopic (exact) mass is 428 g/mol. The molecule has 0 atom stereocenters. The Bertz CT molecular complexity index is 867. The van der Waals surface area contributed by atoms with Gasteiger partial charge < -0.3 is 15.5 Å². The number of guanidine groups is 1. The van der Waals surface area contributed by atoms with Crippen molar-refractivity contribution in [3.63, 3.8) is 0 Å². The van der Waals surface area contributed by atoms with Gasteiger partial charge in [-0.1, -0.05) is 6.07 Å². The Balaban J connectivity index is 1.70. The fraction of sp³-hybridized carbons (Fsp3) is 0.368. The average molecular weight is 429 g/mol. The molecule has 0 unspecified atom stereocenters. The summed E-state index contributed by atoms with van der Waals surface area (Å²) < 4.78 is 0.675. The van der Waals surface area contributed by atoms with Crippen molar-refractivity contribution in [3.05, 3.63) is 46.0 Å². The molecule has 0 radical (unpaired) electrons. The van der Waals surface area contributed by atoms with Crippen LogP contribution in [-0.4, -0.2) is 41.4 Å². The number of aromatic nitrogens is 1. The summed E-state index contributed by atoms with van der Waals surface area (Å²) in [5.41, 5.74) is 2.64. The first-order chi connectivity index (χ1) is 13.1. The molecule has 2 aliphatic rings. The highest BCUT2D eigenvalue weighted by atomic mass is 79.9. The summed E-state index contributed by atoms with van der Waals surface area (Å²) >= 11 is 3.34. The number of halogens is 1. The molecular formula is C19H21BrN6O. The number of nitrogens with zero attached hydrogens (tertiary/aromatic N) is 4. The van der Waals surface area contributed by atoms with Crippen molar-refractivity contribution in [1.29, 1.82) is 5.26 Å². The zero-order valence-electron chi connectivity index (χ0n) is 15.1. The van der Waals surface area contributed by atoms with Gasteiger partial charge in [0.25, 0.3) is 0 Å². The third-order valence-corrected chi connectivity index (χ3v) is 4.87. The minimum absolute atomic E-state index is 0.237. The molecule has 0 aromatic carbocycles. The van der Waals surface area contributed by atoms with Gasteiger partial charge >= 0.3 is 0 Å². The molecule has 0 saturated carbocycles. The smallest absolute Gasteiger partial charge is 0.222 e. The molecule has 0 spiro atoms. The number of nitriles is 1. The van der Waals surface area contributed by atoms with Crippen LogP contribution in [0.1, 0.15) is 31.9 Å². The fourth-order valence-electron chi connectivity index (χ4n) is 3.03. The Labute approximate surface area is 167 Å². The lowest BCUT2D eigenvalue weighted by Crippen LogP contribution is -2.39. The van der Waals surface area contributed by atoms with E-state index >= 15 is 0 Å². The maximum absolute atomic E-state index is 11.6. The summed E-state index contributed by atoms with van der Waals surface area (Å²) in [6, 6.07) is 7.71.